The van der Waals surface area contributed by atoms with Gasteiger partial charge >= 0.3 is 0 Å². The van der Waals surface area contributed by atoms with Gasteiger partial charge in [0.05, 0.1) is 17.0 Å². The fourth-order valence-electron chi connectivity index (χ4n) is 2.60. The number of carbonyl (C=O) groups excluding carboxylic acids is 1. The van der Waals surface area contributed by atoms with Crippen LogP contribution in [0.15, 0.2) is 23.1 Å². The molecular formula is C15H21N3O4S. The Morgan fingerprint density at radius 2 is 2.09 bits per heavy atom. The molecule has 1 aliphatic heterocycles. The van der Waals surface area contributed by atoms with Crippen molar-refractivity contribution in [2.45, 2.75) is 49.3 Å². The minimum atomic E-state index is -3.57. The second kappa shape index (κ2) is 6.20. The average Bonchev–Trinajstić information content (AvgIpc) is 3.17. The fraction of sp³-hybridized carbons (Fsp3) is 0.533. The number of carbonyl (C=O) groups is 1. The predicted octanol–water partition coefficient (Wildman–Crippen LogP) is 0.0970. The van der Waals surface area contributed by atoms with Gasteiger partial charge in [-0.2, -0.15) is 0 Å². The van der Waals surface area contributed by atoms with Crippen molar-refractivity contribution in [1.29, 1.82) is 0 Å². The lowest BCUT2D eigenvalue weighted by molar-refractivity contribution is -0.117. The van der Waals surface area contributed by atoms with Gasteiger partial charge < -0.3 is 15.7 Å². The molecule has 0 radical (unpaired) electrons. The van der Waals surface area contributed by atoms with E-state index < -0.39 is 22.2 Å². The number of nitrogens with one attached hydrogen (secondary N) is 3. The van der Waals surface area contributed by atoms with Crippen molar-refractivity contribution in [2.24, 2.45) is 0 Å². The van der Waals surface area contributed by atoms with E-state index in [1.54, 1.807) is 19.1 Å². The molecular weight excluding hydrogens is 318 g/mol. The van der Waals surface area contributed by atoms with Crippen molar-refractivity contribution >= 4 is 21.6 Å². The van der Waals surface area contributed by atoms with Crippen LogP contribution in [0.4, 0.5) is 5.69 Å². The number of aliphatic hydroxyl groups excluding tert-OH is 1. The van der Waals surface area contributed by atoms with Gasteiger partial charge in [-0.1, -0.05) is 6.07 Å². The molecule has 1 heterocycles. The highest BCUT2D eigenvalue weighted by molar-refractivity contribution is 7.89. The maximum Gasteiger partial charge on any atom is 0.241 e. The molecule has 7 nitrogen and oxygen atoms in total. The molecule has 1 saturated heterocycles. The smallest absolute Gasteiger partial charge is 0.241 e. The molecule has 2 atom stereocenters. The van der Waals surface area contributed by atoms with E-state index in [-0.39, 0.29) is 16.8 Å². The Bertz CT molecular complexity index is 715. The molecule has 23 heavy (non-hydrogen) atoms. The highest BCUT2D eigenvalue weighted by Gasteiger charge is 2.30. The summed E-state index contributed by atoms with van der Waals surface area (Å²) in [5, 5.41) is 15.1. The van der Waals surface area contributed by atoms with Crippen LogP contribution in [0.2, 0.25) is 0 Å². The second-order valence-electron chi connectivity index (χ2n) is 6.22. The van der Waals surface area contributed by atoms with Crippen LogP contribution in [0, 0.1) is 6.92 Å². The highest BCUT2D eigenvalue weighted by atomic mass is 32.2. The van der Waals surface area contributed by atoms with E-state index in [0.717, 1.165) is 12.8 Å². The average molecular weight is 339 g/mol. The van der Waals surface area contributed by atoms with E-state index in [9.17, 15) is 18.3 Å². The summed E-state index contributed by atoms with van der Waals surface area (Å²) in [6.45, 7) is 2.11. The Balaban J connectivity index is 1.76. The minimum Gasteiger partial charge on any atom is -0.392 e. The van der Waals surface area contributed by atoms with Gasteiger partial charge in [0.1, 0.15) is 0 Å². The zero-order valence-corrected chi connectivity index (χ0v) is 13.7. The molecule has 8 heteroatoms. The summed E-state index contributed by atoms with van der Waals surface area (Å²) in [5.74, 6) is -0.274. The Morgan fingerprint density at radius 1 is 1.35 bits per heavy atom. The Hall–Kier alpha value is -1.48. The number of aliphatic hydroxyl groups is 1. The molecule has 1 aliphatic carbocycles. The van der Waals surface area contributed by atoms with E-state index in [1.165, 1.54) is 6.07 Å². The van der Waals surface area contributed by atoms with Gasteiger partial charge in [0.15, 0.2) is 0 Å². The molecule has 1 aromatic carbocycles. The van der Waals surface area contributed by atoms with Gasteiger partial charge in [-0.05, 0) is 43.9 Å². The molecule has 0 aromatic heterocycles. The topological polar surface area (TPSA) is 108 Å². The zero-order valence-electron chi connectivity index (χ0n) is 12.9. The number of rotatable bonds is 5. The third-order valence-electron chi connectivity index (χ3n) is 4.07. The lowest BCUT2D eigenvalue weighted by Crippen LogP contribution is -2.35. The van der Waals surface area contributed by atoms with E-state index in [4.69, 9.17) is 0 Å². The monoisotopic (exact) mass is 339 g/mol. The lowest BCUT2D eigenvalue weighted by Gasteiger charge is -2.14. The summed E-state index contributed by atoms with van der Waals surface area (Å²) in [6, 6.07) is 4.39. The van der Waals surface area contributed by atoms with E-state index in [2.05, 4.69) is 15.4 Å². The van der Waals surface area contributed by atoms with Crippen LogP contribution in [-0.4, -0.2) is 44.2 Å². The minimum absolute atomic E-state index is 0.0295. The van der Waals surface area contributed by atoms with Gasteiger partial charge in [-0.15, -0.1) is 0 Å². The SMILES string of the molecule is Cc1ccc(NC(=O)C2CC(O)CN2)cc1S(=O)(=O)NC1CC1. The number of aryl methyl sites for hydroxylation is 1. The number of sulfonamides is 1. The number of hydrogen-bond donors (Lipinski definition) is 4. The first-order valence-electron chi connectivity index (χ1n) is 7.70. The summed E-state index contributed by atoms with van der Waals surface area (Å²) in [7, 11) is -3.57. The van der Waals surface area contributed by atoms with Gasteiger partial charge in [-0.3, -0.25) is 4.79 Å². The quantitative estimate of drug-likeness (QED) is 0.608. The van der Waals surface area contributed by atoms with Crippen molar-refractivity contribution in [3.8, 4) is 0 Å². The maximum atomic E-state index is 12.4. The molecule has 2 fully saturated rings. The van der Waals surface area contributed by atoms with Crippen LogP contribution in [0.3, 0.4) is 0 Å². The van der Waals surface area contributed by atoms with Gasteiger partial charge in [0, 0.05) is 18.3 Å². The van der Waals surface area contributed by atoms with E-state index in [1.807, 2.05) is 0 Å². The van der Waals surface area contributed by atoms with Crippen molar-refractivity contribution in [2.75, 3.05) is 11.9 Å². The fourth-order valence-corrected chi connectivity index (χ4v) is 4.17. The van der Waals surface area contributed by atoms with Crippen LogP contribution in [0.1, 0.15) is 24.8 Å². The number of anilines is 1. The number of benzene rings is 1. The standard InChI is InChI=1S/C15H21N3O4S/c1-9-2-3-11(17-15(20)13-7-12(19)8-16-13)6-14(9)23(21,22)18-10-4-5-10/h2-3,6,10,12-13,16,18-19H,4-5,7-8H2,1H3,(H,17,20). The summed E-state index contributed by atoms with van der Waals surface area (Å²) < 4.78 is 27.4. The van der Waals surface area contributed by atoms with Gasteiger partial charge in [0.2, 0.25) is 15.9 Å². The van der Waals surface area contributed by atoms with E-state index in [0.29, 0.717) is 24.2 Å². The summed E-state index contributed by atoms with van der Waals surface area (Å²) in [5.41, 5.74) is 1.06. The summed E-state index contributed by atoms with van der Waals surface area (Å²) in [6.07, 6.45) is 1.56. The first-order valence-corrected chi connectivity index (χ1v) is 9.19. The van der Waals surface area contributed by atoms with Gasteiger partial charge in [0.25, 0.3) is 0 Å². The molecule has 0 bridgehead atoms. The van der Waals surface area contributed by atoms with Crippen LogP contribution < -0.4 is 15.4 Å². The first-order chi connectivity index (χ1) is 10.8. The zero-order chi connectivity index (χ0) is 16.6. The molecule has 126 valence electrons. The maximum absolute atomic E-state index is 12.4. The van der Waals surface area contributed by atoms with Crippen LogP contribution in [0.25, 0.3) is 0 Å². The van der Waals surface area contributed by atoms with Crippen molar-refractivity contribution in [1.82, 2.24) is 10.0 Å². The first kappa shape index (κ1) is 16.4. The third-order valence-corrected chi connectivity index (χ3v) is 5.73. The second-order valence-corrected chi connectivity index (χ2v) is 7.90. The summed E-state index contributed by atoms with van der Waals surface area (Å²) in [4.78, 5) is 12.3. The van der Waals surface area contributed by atoms with Crippen LogP contribution >= 0.6 is 0 Å². The number of amides is 1. The van der Waals surface area contributed by atoms with Crippen LogP contribution in [-0.2, 0) is 14.8 Å². The normalized spacial score (nSPS) is 24.6. The third kappa shape index (κ3) is 3.89. The lowest BCUT2D eigenvalue weighted by atomic mass is 10.2. The molecule has 2 aliphatic rings. The number of hydrogen-bond acceptors (Lipinski definition) is 5. The van der Waals surface area contributed by atoms with Crippen molar-refractivity contribution in [3.05, 3.63) is 23.8 Å². The Morgan fingerprint density at radius 3 is 2.70 bits per heavy atom. The molecule has 4 N–H and O–H groups in total. The van der Waals surface area contributed by atoms with Gasteiger partial charge in [-0.25, -0.2) is 13.1 Å². The van der Waals surface area contributed by atoms with Crippen LogP contribution in [0.5, 0.6) is 0 Å². The number of β-amino-alcohol motifs (C(OH)–C–C–N with tert-alkyl or cyclic N) is 1. The molecule has 3 rings (SSSR count). The molecule has 1 amide bonds. The highest BCUT2D eigenvalue weighted by Crippen LogP contribution is 2.25. The van der Waals surface area contributed by atoms with Crippen molar-refractivity contribution < 1.29 is 18.3 Å². The molecule has 2 unspecified atom stereocenters. The Kier molecular flexibility index (Phi) is 4.41. The molecule has 1 saturated carbocycles. The summed E-state index contributed by atoms with van der Waals surface area (Å²) >= 11 is 0. The predicted molar refractivity (Wildman–Crippen MR) is 85.6 cm³/mol. The Labute approximate surface area is 135 Å². The largest absolute Gasteiger partial charge is 0.392 e. The van der Waals surface area contributed by atoms with Crippen molar-refractivity contribution in [3.63, 3.8) is 0 Å². The molecule has 1 aromatic rings. The van der Waals surface area contributed by atoms with E-state index >= 15 is 0 Å². The molecule has 0 spiro atoms.